The molecule has 0 saturated carbocycles. The number of carbonyl (C=O) groups excluding carboxylic acids is 1. The molecule has 0 aliphatic carbocycles. The predicted molar refractivity (Wildman–Crippen MR) is 146 cm³/mol. The van der Waals surface area contributed by atoms with E-state index >= 15 is 0 Å². The molecule has 0 spiro atoms. The number of unbranched alkanes of at least 4 members (excludes halogenated alkanes) is 9. The first-order valence-electron chi connectivity index (χ1n) is 14.1. The Bertz CT molecular complexity index is 744. The Kier molecular flexibility index (Phi) is 19.4. The van der Waals surface area contributed by atoms with Crippen LogP contribution in [-0.4, -0.2) is 101 Å². The smallest absolute Gasteiger partial charge is 0.251 e. The minimum Gasteiger partial charge on any atom is -0.487 e. The maximum atomic E-state index is 12.9. The van der Waals surface area contributed by atoms with Crippen LogP contribution in [0.25, 0.3) is 0 Å². The summed E-state index contributed by atoms with van der Waals surface area (Å²) in [6, 6.07) is 2.77. The number of benzene rings is 1. The van der Waals surface area contributed by atoms with Gasteiger partial charge in [-0.05, 0) is 18.6 Å². The van der Waals surface area contributed by atoms with Gasteiger partial charge >= 0.3 is 0 Å². The number of carbonyl (C=O) groups is 1. The van der Waals surface area contributed by atoms with Crippen LogP contribution in [0.1, 0.15) is 81.5 Å². The van der Waals surface area contributed by atoms with Crippen LogP contribution in [0.3, 0.4) is 0 Å². The molecule has 1 amide bonds. The van der Waals surface area contributed by atoms with Crippen LogP contribution in [0.15, 0.2) is 12.1 Å². The van der Waals surface area contributed by atoms with Gasteiger partial charge < -0.3 is 50.2 Å². The molecule has 0 aromatic heterocycles. The van der Waals surface area contributed by atoms with Gasteiger partial charge in [-0.1, -0.05) is 64.7 Å². The molecule has 11 nitrogen and oxygen atoms in total. The minimum atomic E-state index is -1.21. The molecule has 0 heterocycles. The van der Waals surface area contributed by atoms with Gasteiger partial charge in [0.1, 0.15) is 38.1 Å². The Morgan fingerprint density at radius 1 is 0.692 bits per heavy atom. The summed E-state index contributed by atoms with van der Waals surface area (Å²) in [5.74, 6) is -0.447. The number of ether oxygens (including phenoxy) is 3. The van der Waals surface area contributed by atoms with Crippen molar-refractivity contribution in [3.05, 3.63) is 17.7 Å². The van der Waals surface area contributed by atoms with E-state index in [0.29, 0.717) is 6.54 Å². The molecule has 1 aromatic carbocycles. The molecule has 0 bridgehead atoms. The molecule has 11 heteroatoms. The van der Waals surface area contributed by atoms with Gasteiger partial charge in [-0.15, -0.1) is 0 Å². The van der Waals surface area contributed by atoms with Gasteiger partial charge in [0, 0.05) is 12.1 Å². The summed E-state index contributed by atoms with van der Waals surface area (Å²) >= 11 is 0. The second-order valence-corrected chi connectivity index (χ2v) is 9.68. The quantitative estimate of drug-likeness (QED) is 0.0919. The number of aliphatic hydroxyl groups excluding tert-OH is 6. The van der Waals surface area contributed by atoms with Crippen molar-refractivity contribution in [3.63, 3.8) is 0 Å². The third kappa shape index (κ3) is 15.3. The Balaban J connectivity index is 2.84. The van der Waals surface area contributed by atoms with E-state index in [4.69, 9.17) is 29.5 Å². The van der Waals surface area contributed by atoms with Gasteiger partial charge in [0.15, 0.2) is 11.5 Å². The monoisotopic (exact) mass is 559 g/mol. The van der Waals surface area contributed by atoms with E-state index in [9.17, 15) is 20.1 Å². The molecule has 0 radical (unpaired) electrons. The van der Waals surface area contributed by atoms with Crippen molar-refractivity contribution in [2.24, 2.45) is 0 Å². The fraction of sp³-hybridized carbons (Fsp3) is 0.750. The highest BCUT2D eigenvalue weighted by atomic mass is 16.6. The molecule has 0 aliphatic heterocycles. The molecule has 39 heavy (non-hydrogen) atoms. The Labute approximate surface area is 231 Å². The summed E-state index contributed by atoms with van der Waals surface area (Å²) in [5.41, 5.74) is 0.166. The first kappa shape index (κ1) is 34.9. The van der Waals surface area contributed by atoms with E-state index in [1.807, 2.05) is 0 Å². The first-order chi connectivity index (χ1) is 18.9. The number of amides is 1. The number of nitrogens with one attached hydrogen (secondary N) is 1. The van der Waals surface area contributed by atoms with Crippen molar-refractivity contribution in [2.75, 3.05) is 46.2 Å². The van der Waals surface area contributed by atoms with Gasteiger partial charge in [0.2, 0.25) is 5.75 Å². The lowest BCUT2D eigenvalue weighted by atomic mass is 10.1. The van der Waals surface area contributed by atoms with Crippen LogP contribution in [0.2, 0.25) is 0 Å². The van der Waals surface area contributed by atoms with Crippen molar-refractivity contribution < 1.29 is 49.6 Å². The number of hydrogen-bond acceptors (Lipinski definition) is 10. The second-order valence-electron chi connectivity index (χ2n) is 9.68. The van der Waals surface area contributed by atoms with Crippen molar-refractivity contribution in [2.45, 2.75) is 89.4 Å². The summed E-state index contributed by atoms with van der Waals surface area (Å²) in [4.78, 5) is 12.9. The van der Waals surface area contributed by atoms with E-state index in [2.05, 4.69) is 12.2 Å². The van der Waals surface area contributed by atoms with Crippen LogP contribution in [0.5, 0.6) is 17.2 Å². The number of aliphatic hydroxyl groups is 6. The molecule has 3 unspecified atom stereocenters. The van der Waals surface area contributed by atoms with Gasteiger partial charge in [0.25, 0.3) is 5.91 Å². The van der Waals surface area contributed by atoms with Gasteiger partial charge in [-0.25, -0.2) is 0 Å². The molecule has 1 aromatic rings. The lowest BCUT2D eigenvalue weighted by molar-refractivity contribution is 0.0392. The van der Waals surface area contributed by atoms with Gasteiger partial charge in [-0.3, -0.25) is 4.79 Å². The molecule has 0 aliphatic rings. The van der Waals surface area contributed by atoms with Gasteiger partial charge in [0.05, 0.1) is 19.8 Å². The molecule has 0 fully saturated rings. The summed E-state index contributed by atoms with van der Waals surface area (Å²) in [5, 5.41) is 59.4. The highest BCUT2D eigenvalue weighted by Crippen LogP contribution is 2.39. The fourth-order valence-electron chi connectivity index (χ4n) is 3.69. The first-order valence-corrected chi connectivity index (χ1v) is 14.1. The predicted octanol–water partition coefficient (Wildman–Crippen LogP) is 1.53. The average Bonchev–Trinajstić information content (AvgIpc) is 2.95. The third-order valence-electron chi connectivity index (χ3n) is 6.01. The van der Waals surface area contributed by atoms with Crippen LogP contribution in [0.4, 0.5) is 0 Å². The molecule has 226 valence electrons. The Morgan fingerprint density at radius 2 is 1.10 bits per heavy atom. The maximum Gasteiger partial charge on any atom is 0.251 e. The van der Waals surface area contributed by atoms with Crippen LogP contribution in [-0.2, 0) is 0 Å². The zero-order valence-corrected chi connectivity index (χ0v) is 23.2. The lowest BCUT2D eigenvalue weighted by Gasteiger charge is -2.21. The summed E-state index contributed by atoms with van der Waals surface area (Å²) < 4.78 is 16.7. The highest BCUT2D eigenvalue weighted by molar-refractivity contribution is 5.95. The molecule has 1 rings (SSSR count). The zero-order chi connectivity index (χ0) is 28.9. The van der Waals surface area contributed by atoms with Gasteiger partial charge in [-0.2, -0.15) is 0 Å². The average molecular weight is 560 g/mol. The van der Waals surface area contributed by atoms with Crippen molar-refractivity contribution in [1.82, 2.24) is 5.32 Å². The molecule has 7 N–H and O–H groups in total. The highest BCUT2D eigenvalue weighted by Gasteiger charge is 2.21. The van der Waals surface area contributed by atoms with E-state index in [-0.39, 0.29) is 42.6 Å². The van der Waals surface area contributed by atoms with Crippen LogP contribution >= 0.6 is 0 Å². The van der Waals surface area contributed by atoms with E-state index in [1.54, 1.807) is 0 Å². The fourth-order valence-corrected chi connectivity index (χ4v) is 3.69. The van der Waals surface area contributed by atoms with E-state index in [1.165, 1.54) is 57.1 Å². The largest absolute Gasteiger partial charge is 0.487 e. The lowest BCUT2D eigenvalue weighted by Crippen LogP contribution is -2.26. The summed E-state index contributed by atoms with van der Waals surface area (Å²) in [6.07, 6.45) is 8.21. The SMILES string of the molecule is CCCCCCCCCCCCNC(=O)c1cc(OCC(O)CO)c(OCC(O)CO)c(OCC(O)CO)c1. The number of hydrogen-bond donors (Lipinski definition) is 7. The Hall–Kier alpha value is -2.15. The zero-order valence-electron chi connectivity index (χ0n) is 23.2. The maximum absolute atomic E-state index is 12.9. The van der Waals surface area contributed by atoms with E-state index in [0.717, 1.165) is 19.3 Å². The third-order valence-corrected chi connectivity index (χ3v) is 6.01. The molecule has 3 atom stereocenters. The normalized spacial score (nSPS) is 13.5. The summed E-state index contributed by atoms with van der Waals surface area (Å²) in [6.45, 7) is 0.0559. The second kappa shape index (κ2) is 21.6. The summed E-state index contributed by atoms with van der Waals surface area (Å²) in [7, 11) is 0. The van der Waals surface area contributed by atoms with Crippen molar-refractivity contribution in [3.8, 4) is 17.2 Å². The standard InChI is InChI=1S/C28H49NO10/c1-2-3-4-5-6-7-8-9-10-11-12-29-28(36)21-13-25(37-18-22(33)15-30)27(39-20-24(35)17-32)26(14-21)38-19-23(34)16-31/h13-14,22-24,30-35H,2-12,15-20H2,1H3,(H,29,36). The van der Waals surface area contributed by atoms with Crippen LogP contribution in [0, 0.1) is 0 Å². The molecular formula is C28H49NO10. The Morgan fingerprint density at radius 3 is 1.54 bits per heavy atom. The topological polar surface area (TPSA) is 178 Å². The van der Waals surface area contributed by atoms with E-state index < -0.39 is 44.0 Å². The minimum absolute atomic E-state index is 0.00675. The molecular weight excluding hydrogens is 510 g/mol. The van der Waals surface area contributed by atoms with Crippen molar-refractivity contribution in [1.29, 1.82) is 0 Å². The van der Waals surface area contributed by atoms with Crippen LogP contribution < -0.4 is 19.5 Å². The molecule has 0 saturated heterocycles. The van der Waals surface area contributed by atoms with Crippen molar-refractivity contribution >= 4 is 5.91 Å². The number of rotatable bonds is 24.